The van der Waals surface area contributed by atoms with Crippen LogP contribution in [0, 0.1) is 0 Å². The van der Waals surface area contributed by atoms with Gasteiger partial charge in [0, 0.05) is 37.0 Å². The normalized spacial score (nSPS) is 22.5. The van der Waals surface area contributed by atoms with Gasteiger partial charge in [-0.1, -0.05) is 59.9 Å². The van der Waals surface area contributed by atoms with Gasteiger partial charge in [0.1, 0.15) is 9.81 Å². The van der Waals surface area contributed by atoms with Crippen molar-refractivity contribution in [1.82, 2.24) is 9.80 Å². The van der Waals surface area contributed by atoms with E-state index in [2.05, 4.69) is 47.2 Å². The number of rotatable bonds is 6. The Morgan fingerprint density at radius 1 is 0.609 bits per heavy atom. The standard InChI is InChI=1S/C34H28N6O2S4/c1-5-19-39-29(41)27(31-37(3)23-11-7-9-13-25(23)43-31)45-33(39)35-21-15-17-22(18-16-21)36-34-40(20-6-2)30(42)28(46-34)32-38(4)24-12-8-10-14-26(24)44-32/h5-18H,1-2,19-20H2,3-4H3. The van der Waals surface area contributed by atoms with Gasteiger partial charge >= 0.3 is 0 Å². The monoisotopic (exact) mass is 680 g/mol. The molecule has 12 heteroatoms. The van der Waals surface area contributed by atoms with Crippen LogP contribution in [-0.2, 0) is 9.59 Å². The van der Waals surface area contributed by atoms with Gasteiger partial charge < -0.3 is 9.80 Å². The van der Waals surface area contributed by atoms with Gasteiger partial charge in [0.2, 0.25) is 0 Å². The van der Waals surface area contributed by atoms with Crippen LogP contribution >= 0.6 is 47.0 Å². The average molecular weight is 681 g/mol. The van der Waals surface area contributed by atoms with E-state index in [1.165, 1.54) is 23.5 Å². The van der Waals surface area contributed by atoms with Crippen LogP contribution in [0.4, 0.5) is 22.7 Å². The highest BCUT2D eigenvalue weighted by atomic mass is 32.2. The Kier molecular flexibility index (Phi) is 8.36. The molecule has 2 amide bonds. The molecular formula is C34H28N6O2S4. The van der Waals surface area contributed by atoms with E-state index in [0.29, 0.717) is 44.6 Å². The van der Waals surface area contributed by atoms with E-state index in [-0.39, 0.29) is 11.8 Å². The SMILES string of the molecule is C=CCN1C(=O)C(=C2Sc3ccccc3N2C)SC1=Nc1ccc(N=C2SC(=C3Sc4ccccc4N3C)C(=O)N2CC=C)cc1. The van der Waals surface area contributed by atoms with Crippen LogP contribution in [0.1, 0.15) is 0 Å². The first kappa shape index (κ1) is 30.5. The van der Waals surface area contributed by atoms with Gasteiger partial charge in [-0.2, -0.15) is 0 Å². The molecule has 0 N–H and O–H groups in total. The largest absolute Gasteiger partial charge is 0.337 e. The van der Waals surface area contributed by atoms with Crippen LogP contribution in [0.3, 0.4) is 0 Å². The molecule has 8 nitrogen and oxygen atoms in total. The minimum atomic E-state index is -0.0850. The second-order valence-corrected chi connectivity index (χ2v) is 14.5. The number of fused-ring (bicyclic) bond motifs is 2. The molecule has 2 saturated heterocycles. The minimum Gasteiger partial charge on any atom is -0.337 e. The molecule has 2 fully saturated rings. The topological polar surface area (TPSA) is 71.8 Å². The number of amides is 2. The Morgan fingerprint density at radius 2 is 1.00 bits per heavy atom. The second kappa shape index (κ2) is 12.6. The Hall–Kier alpha value is -4.10. The fourth-order valence-corrected chi connectivity index (χ4v) is 9.95. The molecule has 0 unspecified atom stereocenters. The first-order chi connectivity index (χ1) is 22.4. The fourth-order valence-electron chi connectivity index (χ4n) is 5.24. The molecule has 4 aliphatic heterocycles. The predicted octanol–water partition coefficient (Wildman–Crippen LogP) is 8.01. The van der Waals surface area contributed by atoms with Crippen molar-refractivity contribution >= 4 is 91.9 Å². The first-order valence-corrected chi connectivity index (χ1v) is 17.6. The zero-order chi connectivity index (χ0) is 31.9. The van der Waals surface area contributed by atoms with Crippen molar-refractivity contribution in [2.24, 2.45) is 9.98 Å². The van der Waals surface area contributed by atoms with Crippen molar-refractivity contribution in [3.8, 4) is 0 Å². The smallest absolute Gasteiger partial charge is 0.269 e. The van der Waals surface area contributed by atoms with Gasteiger partial charge in [-0.25, -0.2) is 9.98 Å². The van der Waals surface area contributed by atoms with E-state index < -0.39 is 0 Å². The van der Waals surface area contributed by atoms with Crippen molar-refractivity contribution in [3.63, 3.8) is 0 Å². The second-order valence-electron chi connectivity index (χ2n) is 10.4. The van der Waals surface area contributed by atoms with Crippen LogP contribution in [0.5, 0.6) is 0 Å². The lowest BCUT2D eigenvalue weighted by molar-refractivity contribution is -0.122. The molecule has 46 heavy (non-hydrogen) atoms. The summed E-state index contributed by atoms with van der Waals surface area (Å²) in [5.74, 6) is -0.170. The molecule has 0 spiro atoms. The third-order valence-corrected chi connectivity index (χ3v) is 12.4. The number of para-hydroxylation sites is 2. The zero-order valence-corrected chi connectivity index (χ0v) is 28.3. The Labute approximate surface area is 284 Å². The molecular weight excluding hydrogens is 653 g/mol. The number of carbonyl (C=O) groups is 2. The first-order valence-electron chi connectivity index (χ1n) is 14.4. The number of carbonyl (C=O) groups excluding carboxylic acids is 2. The zero-order valence-electron chi connectivity index (χ0n) is 25.0. The van der Waals surface area contributed by atoms with Gasteiger partial charge in [0.05, 0.1) is 32.8 Å². The van der Waals surface area contributed by atoms with Gasteiger partial charge in [-0.3, -0.25) is 19.4 Å². The maximum atomic E-state index is 13.6. The van der Waals surface area contributed by atoms with Crippen molar-refractivity contribution in [3.05, 3.63) is 118 Å². The third kappa shape index (κ3) is 5.38. The molecule has 0 aromatic heterocycles. The van der Waals surface area contributed by atoms with Gasteiger partial charge in [0.25, 0.3) is 11.8 Å². The van der Waals surface area contributed by atoms with Gasteiger partial charge in [-0.15, -0.1) is 13.2 Å². The van der Waals surface area contributed by atoms with Crippen LogP contribution < -0.4 is 9.80 Å². The highest BCUT2D eigenvalue weighted by molar-refractivity contribution is 8.19. The average Bonchev–Trinajstić information content (AvgIpc) is 3.77. The van der Waals surface area contributed by atoms with E-state index in [0.717, 1.165) is 31.2 Å². The summed E-state index contributed by atoms with van der Waals surface area (Å²) in [7, 11) is 3.97. The summed E-state index contributed by atoms with van der Waals surface area (Å²) < 4.78 is 0. The van der Waals surface area contributed by atoms with Gasteiger partial charge in [-0.05, 0) is 72.1 Å². The molecule has 4 heterocycles. The van der Waals surface area contributed by atoms with E-state index in [9.17, 15) is 9.59 Å². The predicted molar refractivity (Wildman–Crippen MR) is 195 cm³/mol. The summed E-state index contributed by atoms with van der Waals surface area (Å²) >= 11 is 5.95. The lowest BCUT2D eigenvalue weighted by Crippen LogP contribution is -2.29. The van der Waals surface area contributed by atoms with Crippen molar-refractivity contribution in [1.29, 1.82) is 0 Å². The number of amidine groups is 2. The minimum absolute atomic E-state index is 0.0850. The quantitative estimate of drug-likeness (QED) is 0.192. The summed E-state index contributed by atoms with van der Waals surface area (Å²) in [4.78, 5) is 47.8. The third-order valence-electron chi connectivity index (χ3n) is 7.51. The summed E-state index contributed by atoms with van der Waals surface area (Å²) in [6.45, 7) is 8.42. The number of hydrogen-bond acceptors (Lipinski definition) is 10. The maximum absolute atomic E-state index is 13.6. The molecule has 230 valence electrons. The number of nitrogens with zero attached hydrogens (tertiary/aromatic N) is 6. The molecule has 7 rings (SSSR count). The fraction of sp³-hybridized carbons (Fsp3) is 0.118. The number of anilines is 2. The van der Waals surface area contributed by atoms with E-state index in [1.807, 2.05) is 62.6 Å². The van der Waals surface area contributed by atoms with Crippen LogP contribution in [-0.4, -0.2) is 59.1 Å². The molecule has 0 radical (unpaired) electrons. The van der Waals surface area contributed by atoms with Crippen molar-refractivity contribution in [2.75, 3.05) is 37.0 Å². The maximum Gasteiger partial charge on any atom is 0.269 e. The highest BCUT2D eigenvalue weighted by Gasteiger charge is 2.40. The number of thioether (sulfide) groups is 4. The van der Waals surface area contributed by atoms with E-state index >= 15 is 0 Å². The lowest BCUT2D eigenvalue weighted by Gasteiger charge is -2.15. The molecule has 0 atom stereocenters. The van der Waals surface area contributed by atoms with E-state index in [1.54, 1.807) is 45.5 Å². The number of aliphatic imine (C=N–C) groups is 2. The molecule has 3 aromatic carbocycles. The molecule has 0 saturated carbocycles. The Morgan fingerprint density at radius 3 is 1.37 bits per heavy atom. The van der Waals surface area contributed by atoms with E-state index in [4.69, 9.17) is 9.98 Å². The van der Waals surface area contributed by atoms with Crippen molar-refractivity contribution in [2.45, 2.75) is 9.79 Å². The Balaban J connectivity index is 1.15. The lowest BCUT2D eigenvalue weighted by atomic mass is 10.3. The molecule has 0 aliphatic carbocycles. The summed E-state index contributed by atoms with van der Waals surface area (Å²) in [6.07, 6.45) is 3.42. The summed E-state index contributed by atoms with van der Waals surface area (Å²) in [5, 5.41) is 2.99. The molecule has 0 bridgehead atoms. The summed E-state index contributed by atoms with van der Waals surface area (Å²) in [6, 6.07) is 23.7. The molecule has 3 aromatic rings. The highest BCUT2D eigenvalue weighted by Crippen LogP contribution is 2.51. The van der Waals surface area contributed by atoms with Crippen LogP contribution in [0.2, 0.25) is 0 Å². The summed E-state index contributed by atoms with van der Waals surface area (Å²) in [5.41, 5.74) is 3.55. The number of benzene rings is 3. The molecule has 4 aliphatic rings. The van der Waals surface area contributed by atoms with Gasteiger partial charge in [0.15, 0.2) is 10.3 Å². The van der Waals surface area contributed by atoms with Crippen LogP contribution in [0.15, 0.2) is 138 Å². The Bertz CT molecular complexity index is 1790. The van der Waals surface area contributed by atoms with Crippen molar-refractivity contribution < 1.29 is 9.59 Å². The number of hydrogen-bond donors (Lipinski definition) is 0. The van der Waals surface area contributed by atoms with Crippen LogP contribution in [0.25, 0.3) is 0 Å².